The third kappa shape index (κ3) is 8.83. The van der Waals surface area contributed by atoms with E-state index in [9.17, 15) is 19.7 Å². The van der Waals surface area contributed by atoms with Crippen LogP contribution in [0, 0.1) is 10.1 Å². The molecule has 3 aromatic rings. The number of hydrogen-bond acceptors (Lipinski definition) is 5. The van der Waals surface area contributed by atoms with E-state index >= 15 is 0 Å². The van der Waals surface area contributed by atoms with Crippen LogP contribution in [0.15, 0.2) is 78.9 Å². The predicted molar refractivity (Wildman–Crippen MR) is 160 cm³/mol. The number of benzene rings is 3. The van der Waals surface area contributed by atoms with E-state index in [2.05, 4.69) is 5.32 Å². The molecule has 0 bridgehead atoms. The summed E-state index contributed by atoms with van der Waals surface area (Å²) in [5.74, 6) is 0.407. The zero-order valence-corrected chi connectivity index (χ0v) is 23.9. The standard InChI is InChI=1S/C31H34ClN3O4S/c32-26-11-7-10-25(18-26)20-34(30(36)22-40-21-24-14-16-28(17-15-24)35(38)39)29(19-23-8-3-1-4-9-23)31(37)33-27-12-5-2-6-13-27/h1,3-4,7-11,14-18,27,29H,2,5-6,12-13,19-22H2,(H,33,37). The van der Waals surface area contributed by atoms with Gasteiger partial charge in [0, 0.05) is 41.9 Å². The Morgan fingerprint density at radius 3 is 2.33 bits per heavy atom. The van der Waals surface area contributed by atoms with Gasteiger partial charge in [-0.3, -0.25) is 19.7 Å². The average Bonchev–Trinajstić information content (AvgIpc) is 2.96. The van der Waals surface area contributed by atoms with Gasteiger partial charge < -0.3 is 10.2 Å². The van der Waals surface area contributed by atoms with Gasteiger partial charge in [-0.1, -0.05) is 85.5 Å². The molecule has 0 radical (unpaired) electrons. The first-order valence-electron chi connectivity index (χ1n) is 13.6. The van der Waals surface area contributed by atoms with Gasteiger partial charge in [-0.05, 0) is 41.7 Å². The Kier molecular flexibility index (Phi) is 11.0. The smallest absolute Gasteiger partial charge is 0.269 e. The lowest BCUT2D eigenvalue weighted by molar-refractivity contribution is -0.384. The third-order valence-electron chi connectivity index (χ3n) is 7.11. The average molecular weight is 580 g/mol. The number of carbonyl (C=O) groups is 2. The normalized spacial score (nSPS) is 14.3. The summed E-state index contributed by atoms with van der Waals surface area (Å²) in [6.07, 6.45) is 5.69. The number of nitro benzene ring substituents is 1. The molecule has 1 atom stereocenters. The second-order valence-electron chi connectivity index (χ2n) is 10.1. The van der Waals surface area contributed by atoms with Gasteiger partial charge in [0.2, 0.25) is 11.8 Å². The highest BCUT2D eigenvalue weighted by Gasteiger charge is 2.31. The van der Waals surface area contributed by atoms with Crippen molar-refractivity contribution in [3.8, 4) is 0 Å². The molecule has 0 aromatic heterocycles. The minimum atomic E-state index is -0.684. The molecule has 1 fully saturated rings. The summed E-state index contributed by atoms with van der Waals surface area (Å²) in [5, 5.41) is 14.8. The number of non-ortho nitro benzene ring substituents is 1. The Hall–Kier alpha value is -3.36. The molecule has 4 rings (SSSR count). The number of nitrogens with one attached hydrogen (secondary N) is 1. The minimum Gasteiger partial charge on any atom is -0.352 e. The van der Waals surface area contributed by atoms with Gasteiger partial charge in [0.15, 0.2) is 0 Å². The van der Waals surface area contributed by atoms with Gasteiger partial charge in [0.1, 0.15) is 6.04 Å². The van der Waals surface area contributed by atoms with Crippen LogP contribution in [-0.2, 0) is 28.3 Å². The first-order valence-corrected chi connectivity index (χ1v) is 15.1. The summed E-state index contributed by atoms with van der Waals surface area (Å²) < 4.78 is 0. The molecule has 210 valence electrons. The maximum absolute atomic E-state index is 13.8. The number of nitrogens with zero attached hydrogens (tertiary/aromatic N) is 2. The molecular formula is C31H34ClN3O4S. The Bertz CT molecular complexity index is 1280. The molecule has 0 saturated heterocycles. The highest BCUT2D eigenvalue weighted by Crippen LogP contribution is 2.22. The SMILES string of the molecule is O=C(NC1CCCCC1)C(Cc1ccccc1)N(Cc1cccc(Cl)c1)C(=O)CSCc1ccc([N+](=O)[O-])cc1. The van der Waals surface area contributed by atoms with Gasteiger partial charge in [-0.25, -0.2) is 0 Å². The quantitative estimate of drug-likeness (QED) is 0.193. The van der Waals surface area contributed by atoms with Crippen molar-refractivity contribution in [2.75, 3.05) is 5.75 Å². The molecule has 9 heteroatoms. The fraction of sp³-hybridized carbons (Fsp3) is 0.355. The number of nitro groups is 1. The first-order chi connectivity index (χ1) is 19.4. The molecule has 1 unspecified atom stereocenters. The number of amides is 2. The van der Waals surface area contributed by atoms with Gasteiger partial charge in [0.05, 0.1) is 10.7 Å². The molecule has 1 aliphatic carbocycles. The molecule has 3 aromatic carbocycles. The lowest BCUT2D eigenvalue weighted by Crippen LogP contribution is -2.53. The van der Waals surface area contributed by atoms with E-state index in [1.165, 1.54) is 30.3 Å². The van der Waals surface area contributed by atoms with Crippen molar-refractivity contribution in [3.63, 3.8) is 0 Å². The van der Waals surface area contributed by atoms with E-state index in [-0.39, 0.29) is 35.8 Å². The predicted octanol–water partition coefficient (Wildman–Crippen LogP) is 6.57. The number of halogens is 1. The van der Waals surface area contributed by atoms with E-state index in [1.807, 2.05) is 48.5 Å². The van der Waals surface area contributed by atoms with Gasteiger partial charge in [0.25, 0.3) is 5.69 Å². The van der Waals surface area contributed by atoms with Crippen molar-refractivity contribution in [1.29, 1.82) is 0 Å². The van der Waals surface area contributed by atoms with Crippen LogP contribution in [0.5, 0.6) is 0 Å². The zero-order valence-electron chi connectivity index (χ0n) is 22.3. The topological polar surface area (TPSA) is 92.6 Å². The van der Waals surface area contributed by atoms with Crippen LogP contribution in [-0.4, -0.2) is 39.5 Å². The highest BCUT2D eigenvalue weighted by atomic mass is 35.5. The van der Waals surface area contributed by atoms with Gasteiger partial charge in [-0.2, -0.15) is 0 Å². The van der Waals surface area contributed by atoms with E-state index in [4.69, 9.17) is 11.6 Å². The van der Waals surface area contributed by atoms with Crippen LogP contribution in [0.2, 0.25) is 5.02 Å². The van der Waals surface area contributed by atoms with E-state index in [0.29, 0.717) is 17.2 Å². The number of hydrogen-bond donors (Lipinski definition) is 1. The van der Waals surface area contributed by atoms with Crippen molar-refractivity contribution in [2.24, 2.45) is 0 Å². The van der Waals surface area contributed by atoms with Crippen molar-refractivity contribution >= 4 is 40.9 Å². The van der Waals surface area contributed by atoms with Crippen LogP contribution in [0.1, 0.15) is 48.8 Å². The van der Waals surface area contributed by atoms with Crippen molar-refractivity contribution in [2.45, 2.75) is 62.9 Å². The minimum absolute atomic E-state index is 0.0326. The molecule has 0 aliphatic heterocycles. The van der Waals surface area contributed by atoms with E-state index in [1.54, 1.807) is 23.1 Å². The molecule has 2 amide bonds. The highest BCUT2D eigenvalue weighted by molar-refractivity contribution is 7.99. The maximum atomic E-state index is 13.8. The molecule has 0 spiro atoms. The molecule has 1 saturated carbocycles. The number of rotatable bonds is 12. The van der Waals surface area contributed by atoms with Crippen LogP contribution < -0.4 is 5.32 Å². The Morgan fingerprint density at radius 1 is 0.950 bits per heavy atom. The van der Waals surface area contributed by atoms with Crippen LogP contribution >= 0.6 is 23.4 Å². The molecule has 7 nitrogen and oxygen atoms in total. The monoisotopic (exact) mass is 579 g/mol. The summed E-state index contributed by atoms with van der Waals surface area (Å²) >= 11 is 7.68. The summed E-state index contributed by atoms with van der Waals surface area (Å²) in [6, 6.07) is 22.9. The van der Waals surface area contributed by atoms with Crippen molar-refractivity contribution in [3.05, 3.63) is 111 Å². The van der Waals surface area contributed by atoms with E-state index < -0.39 is 11.0 Å². The molecule has 1 aliphatic rings. The number of carbonyl (C=O) groups excluding carboxylic acids is 2. The first kappa shape index (κ1) is 29.6. The summed E-state index contributed by atoms with van der Waals surface area (Å²) in [5.41, 5.74) is 2.75. The molecular weight excluding hydrogens is 546 g/mol. The number of thioether (sulfide) groups is 1. The molecule has 1 N–H and O–H groups in total. The van der Waals surface area contributed by atoms with Crippen LogP contribution in [0.3, 0.4) is 0 Å². The summed E-state index contributed by atoms with van der Waals surface area (Å²) in [4.78, 5) is 39.8. The Labute approximate surface area is 244 Å². The van der Waals surface area contributed by atoms with Crippen LogP contribution in [0.4, 0.5) is 5.69 Å². The van der Waals surface area contributed by atoms with Gasteiger partial charge in [-0.15, -0.1) is 11.8 Å². The molecule has 40 heavy (non-hydrogen) atoms. The fourth-order valence-electron chi connectivity index (χ4n) is 4.98. The lowest BCUT2D eigenvalue weighted by Gasteiger charge is -2.33. The van der Waals surface area contributed by atoms with E-state index in [0.717, 1.165) is 42.4 Å². The molecule has 0 heterocycles. The summed E-state index contributed by atoms with van der Waals surface area (Å²) in [6.45, 7) is 0.257. The third-order valence-corrected chi connectivity index (χ3v) is 8.33. The summed E-state index contributed by atoms with van der Waals surface area (Å²) in [7, 11) is 0. The van der Waals surface area contributed by atoms with Crippen molar-refractivity contribution < 1.29 is 14.5 Å². The Morgan fingerprint density at radius 2 is 1.65 bits per heavy atom. The van der Waals surface area contributed by atoms with Crippen molar-refractivity contribution in [1.82, 2.24) is 10.2 Å². The van der Waals surface area contributed by atoms with Crippen LogP contribution in [0.25, 0.3) is 0 Å². The zero-order chi connectivity index (χ0) is 28.3. The largest absolute Gasteiger partial charge is 0.352 e. The van der Waals surface area contributed by atoms with Gasteiger partial charge >= 0.3 is 0 Å². The lowest BCUT2D eigenvalue weighted by atomic mass is 9.94. The fourth-order valence-corrected chi connectivity index (χ4v) is 6.07. The second kappa shape index (κ2) is 14.9. The second-order valence-corrected chi connectivity index (χ2v) is 11.5. The Balaban J connectivity index is 1.54. The maximum Gasteiger partial charge on any atom is 0.269 e.